The van der Waals surface area contributed by atoms with E-state index in [1.807, 2.05) is 0 Å². The molecule has 25 heavy (non-hydrogen) atoms. The number of nitrogens with zero attached hydrogens (tertiary/aromatic N) is 2. The molecule has 1 amide bonds. The first-order valence-corrected chi connectivity index (χ1v) is 8.11. The van der Waals surface area contributed by atoms with E-state index in [9.17, 15) is 4.79 Å². The summed E-state index contributed by atoms with van der Waals surface area (Å²) in [5, 5.41) is 5.85. The smallest absolute Gasteiger partial charge is 0.412 e. The van der Waals surface area contributed by atoms with E-state index in [1.54, 1.807) is 13.0 Å². The maximum Gasteiger partial charge on any atom is 0.412 e. The molecule has 0 spiro atoms. The molecule has 0 saturated carbocycles. The minimum absolute atomic E-state index is 0.249. The van der Waals surface area contributed by atoms with Crippen molar-refractivity contribution in [3.05, 3.63) is 41.0 Å². The largest absolute Gasteiger partial charge is 0.450 e. The van der Waals surface area contributed by atoms with Crippen molar-refractivity contribution >= 4 is 34.8 Å². The van der Waals surface area contributed by atoms with Crippen LogP contribution in [0.3, 0.4) is 0 Å². The number of fused-ring (bicyclic) bond motifs is 1. The Balaban J connectivity index is 1.93. The molecule has 1 aliphatic heterocycles. The Morgan fingerprint density at radius 3 is 2.88 bits per heavy atom. The minimum atomic E-state index is -0.565. The molecule has 7 nitrogen and oxygen atoms in total. The summed E-state index contributed by atoms with van der Waals surface area (Å²) in [7, 11) is 0. The SMILES string of the molecule is CCOC(=O)Nc1cc2c(c(N)n1)N=C(c1ccc(C)cc1C)CN2. The van der Waals surface area contributed by atoms with Crippen LogP contribution in [0.5, 0.6) is 0 Å². The van der Waals surface area contributed by atoms with Crippen LogP contribution in [0.2, 0.25) is 0 Å². The highest BCUT2D eigenvalue weighted by Crippen LogP contribution is 2.36. The second-order valence-corrected chi connectivity index (χ2v) is 5.86. The van der Waals surface area contributed by atoms with Gasteiger partial charge in [0.25, 0.3) is 0 Å². The van der Waals surface area contributed by atoms with Crippen molar-refractivity contribution in [1.82, 2.24) is 4.98 Å². The van der Waals surface area contributed by atoms with Crippen molar-refractivity contribution in [2.75, 3.05) is 29.5 Å². The number of nitrogens with two attached hydrogens (primary N) is 1. The van der Waals surface area contributed by atoms with E-state index in [2.05, 4.69) is 52.7 Å². The number of aryl methyl sites for hydroxylation is 2. The van der Waals surface area contributed by atoms with Crippen LogP contribution in [-0.2, 0) is 4.74 Å². The summed E-state index contributed by atoms with van der Waals surface area (Å²) in [5.41, 5.74) is 11.7. The van der Waals surface area contributed by atoms with Gasteiger partial charge in [-0.15, -0.1) is 0 Å². The number of hydrogen-bond donors (Lipinski definition) is 3. The molecule has 7 heteroatoms. The predicted octanol–water partition coefficient (Wildman–Crippen LogP) is 3.40. The highest BCUT2D eigenvalue weighted by molar-refractivity contribution is 6.09. The molecular weight excluding hydrogens is 318 g/mol. The van der Waals surface area contributed by atoms with Gasteiger partial charge in [-0.1, -0.05) is 23.8 Å². The molecule has 1 aliphatic rings. The molecule has 1 aromatic carbocycles. The quantitative estimate of drug-likeness (QED) is 0.795. The minimum Gasteiger partial charge on any atom is -0.450 e. The lowest BCUT2D eigenvalue weighted by Crippen LogP contribution is -2.21. The second-order valence-electron chi connectivity index (χ2n) is 5.86. The number of nitrogens with one attached hydrogen (secondary N) is 2. The molecule has 3 rings (SSSR count). The molecule has 2 heterocycles. The standard InChI is InChI=1S/C18H21N5O2/c1-4-25-18(24)23-15-8-13-16(17(19)22-15)21-14(9-20-13)12-6-5-10(2)7-11(12)3/h5-8,20H,4,9H2,1-3H3,(H3,19,22,23,24). The fourth-order valence-corrected chi connectivity index (χ4v) is 2.79. The number of benzene rings is 1. The summed E-state index contributed by atoms with van der Waals surface area (Å²) in [6, 6.07) is 7.96. The van der Waals surface area contributed by atoms with E-state index in [0.29, 0.717) is 18.1 Å². The van der Waals surface area contributed by atoms with Crippen LogP contribution in [0, 0.1) is 13.8 Å². The van der Waals surface area contributed by atoms with Gasteiger partial charge >= 0.3 is 6.09 Å². The van der Waals surface area contributed by atoms with E-state index < -0.39 is 6.09 Å². The molecule has 0 unspecified atom stereocenters. The van der Waals surface area contributed by atoms with Crippen LogP contribution in [0.25, 0.3) is 0 Å². The third-order valence-electron chi connectivity index (χ3n) is 3.91. The number of ether oxygens (including phenoxy) is 1. The Hall–Kier alpha value is -3.09. The Kier molecular flexibility index (Phi) is 4.56. The van der Waals surface area contributed by atoms with Crippen molar-refractivity contribution in [1.29, 1.82) is 0 Å². The molecule has 4 N–H and O–H groups in total. The van der Waals surface area contributed by atoms with E-state index in [-0.39, 0.29) is 12.4 Å². The lowest BCUT2D eigenvalue weighted by molar-refractivity contribution is 0.168. The fourth-order valence-electron chi connectivity index (χ4n) is 2.79. The van der Waals surface area contributed by atoms with Crippen LogP contribution in [0.15, 0.2) is 29.3 Å². The number of amides is 1. The maximum atomic E-state index is 11.5. The van der Waals surface area contributed by atoms with Crippen LogP contribution in [0.1, 0.15) is 23.6 Å². The zero-order valence-corrected chi connectivity index (χ0v) is 14.5. The van der Waals surface area contributed by atoms with Crippen LogP contribution in [-0.4, -0.2) is 29.9 Å². The number of aromatic nitrogens is 1. The highest BCUT2D eigenvalue weighted by atomic mass is 16.5. The lowest BCUT2D eigenvalue weighted by Gasteiger charge is -2.21. The first-order valence-electron chi connectivity index (χ1n) is 8.11. The number of pyridine rings is 1. The summed E-state index contributed by atoms with van der Waals surface area (Å²) in [6.07, 6.45) is -0.565. The normalized spacial score (nSPS) is 12.7. The molecule has 2 aromatic rings. The molecule has 0 atom stereocenters. The average molecular weight is 339 g/mol. The van der Waals surface area contributed by atoms with Gasteiger partial charge in [-0.05, 0) is 26.3 Å². The molecule has 0 fully saturated rings. The van der Waals surface area contributed by atoms with E-state index >= 15 is 0 Å². The summed E-state index contributed by atoms with van der Waals surface area (Å²) in [6.45, 7) is 6.72. The number of anilines is 3. The first kappa shape index (κ1) is 16.8. The van der Waals surface area contributed by atoms with E-state index in [0.717, 1.165) is 22.5 Å². The number of nitrogen functional groups attached to an aromatic ring is 1. The second kappa shape index (κ2) is 6.80. The van der Waals surface area contributed by atoms with Gasteiger partial charge in [-0.25, -0.2) is 14.8 Å². The average Bonchev–Trinajstić information content (AvgIpc) is 2.55. The monoisotopic (exact) mass is 339 g/mol. The highest BCUT2D eigenvalue weighted by Gasteiger charge is 2.19. The Labute approximate surface area is 146 Å². The molecule has 0 saturated heterocycles. The molecular formula is C18H21N5O2. The van der Waals surface area contributed by atoms with Gasteiger partial charge in [0.15, 0.2) is 5.82 Å². The molecule has 0 aliphatic carbocycles. The number of aliphatic imine (C=N–C) groups is 1. The Bertz CT molecular complexity index is 861. The lowest BCUT2D eigenvalue weighted by atomic mass is 10.0. The van der Waals surface area contributed by atoms with Gasteiger partial charge < -0.3 is 15.8 Å². The predicted molar refractivity (Wildman–Crippen MR) is 99.9 cm³/mol. The van der Waals surface area contributed by atoms with E-state index in [4.69, 9.17) is 10.5 Å². The third-order valence-corrected chi connectivity index (χ3v) is 3.91. The molecule has 0 bridgehead atoms. The van der Waals surface area contributed by atoms with Gasteiger partial charge in [0, 0.05) is 11.6 Å². The summed E-state index contributed by atoms with van der Waals surface area (Å²) >= 11 is 0. The Morgan fingerprint density at radius 1 is 1.36 bits per heavy atom. The van der Waals surface area contributed by atoms with E-state index in [1.165, 1.54) is 5.56 Å². The van der Waals surface area contributed by atoms with Crippen LogP contribution in [0.4, 0.5) is 27.8 Å². The van der Waals surface area contributed by atoms with Gasteiger partial charge in [0.2, 0.25) is 0 Å². The third kappa shape index (κ3) is 3.55. The maximum absolute atomic E-state index is 11.5. The zero-order valence-electron chi connectivity index (χ0n) is 14.5. The van der Waals surface area contributed by atoms with Crippen molar-refractivity contribution in [2.24, 2.45) is 4.99 Å². The number of carbonyl (C=O) groups is 1. The first-order chi connectivity index (χ1) is 12.0. The summed E-state index contributed by atoms with van der Waals surface area (Å²) in [4.78, 5) is 20.4. The molecule has 130 valence electrons. The van der Waals surface area contributed by atoms with Crippen molar-refractivity contribution in [2.45, 2.75) is 20.8 Å². The molecule has 1 aromatic heterocycles. The van der Waals surface area contributed by atoms with Gasteiger partial charge in [-0.3, -0.25) is 5.32 Å². The van der Waals surface area contributed by atoms with Gasteiger partial charge in [0.05, 0.1) is 24.6 Å². The fraction of sp³-hybridized carbons (Fsp3) is 0.278. The number of carbonyl (C=O) groups excluding carboxylic acids is 1. The van der Waals surface area contributed by atoms with Crippen molar-refractivity contribution < 1.29 is 9.53 Å². The van der Waals surface area contributed by atoms with Crippen molar-refractivity contribution in [3.63, 3.8) is 0 Å². The number of rotatable bonds is 3. The van der Waals surface area contributed by atoms with Crippen LogP contribution >= 0.6 is 0 Å². The molecule has 0 radical (unpaired) electrons. The number of hydrogen-bond acceptors (Lipinski definition) is 6. The van der Waals surface area contributed by atoms with Crippen LogP contribution < -0.4 is 16.4 Å². The van der Waals surface area contributed by atoms with Crippen molar-refractivity contribution in [3.8, 4) is 0 Å². The summed E-state index contributed by atoms with van der Waals surface area (Å²) < 4.78 is 4.85. The zero-order chi connectivity index (χ0) is 18.0. The van der Waals surface area contributed by atoms with Gasteiger partial charge in [-0.2, -0.15) is 0 Å². The van der Waals surface area contributed by atoms with Gasteiger partial charge in [0.1, 0.15) is 11.5 Å². The Morgan fingerprint density at radius 2 is 2.16 bits per heavy atom. The summed E-state index contributed by atoms with van der Waals surface area (Å²) in [5.74, 6) is 0.575. The topological polar surface area (TPSA) is 102 Å².